The Morgan fingerprint density at radius 3 is 2.54 bits per heavy atom. The molecule has 10 heteroatoms. The van der Waals surface area contributed by atoms with E-state index in [1.54, 1.807) is 0 Å². The summed E-state index contributed by atoms with van der Waals surface area (Å²) < 4.78 is 12.2. The van der Waals surface area contributed by atoms with E-state index >= 15 is 0 Å². The number of likely N-dealkylation sites (N-methyl/N-ethyl adjacent to an activating group) is 1. The fourth-order valence-electron chi connectivity index (χ4n) is 8.74. The molecule has 0 aromatic heterocycles. The van der Waals surface area contributed by atoms with Gasteiger partial charge in [-0.2, -0.15) is 0 Å². The molecule has 5 aliphatic rings. The number of esters is 1. The van der Waals surface area contributed by atoms with Gasteiger partial charge in [-0.3, -0.25) is 14.9 Å². The highest BCUT2D eigenvalue weighted by atomic mass is 16.7. The van der Waals surface area contributed by atoms with Gasteiger partial charge >= 0.3 is 5.97 Å². The molecule has 0 amide bonds. The first-order chi connectivity index (χ1) is 22.2. The number of fused-ring (bicyclic) bond motifs is 2. The van der Waals surface area contributed by atoms with Crippen LogP contribution in [0, 0.1) is 29.6 Å². The quantitative estimate of drug-likeness (QED) is 0.0595. The van der Waals surface area contributed by atoms with Gasteiger partial charge in [0.15, 0.2) is 17.2 Å². The molecule has 2 saturated carbocycles. The van der Waals surface area contributed by atoms with Crippen LogP contribution in [0.25, 0.3) is 0 Å². The van der Waals surface area contributed by atoms with Crippen molar-refractivity contribution in [3.8, 4) is 0 Å². The van der Waals surface area contributed by atoms with Crippen LogP contribution < -0.4 is 21.3 Å². The standard InChI is InChI=1S/C36H58N4O6/c1-5-24-13-14-30(38-6-2)26(17-24)21-45-34(44)36-33(43)29-10-8-7-9-28(29)32(42)35(36,46-36)19-27(20-41)23(3)11-12-25-15-16-39-31(18-25)40-22-37-4/h13-14,24-26,28-31,37-41H,5-12,15-22H2,1-4H3/t24-,25?,26-,28?,29?,30+,31?,35-,36-/m0/s1. The largest absolute Gasteiger partial charge is 0.463 e. The number of ketones is 2. The minimum absolute atomic E-state index is 0.0564. The molecule has 9 atom stereocenters. The summed E-state index contributed by atoms with van der Waals surface area (Å²) in [6.45, 7) is 8.63. The van der Waals surface area contributed by atoms with Gasteiger partial charge < -0.3 is 30.5 Å². The van der Waals surface area contributed by atoms with Crippen LogP contribution in [0.4, 0.5) is 0 Å². The van der Waals surface area contributed by atoms with Gasteiger partial charge in [0.25, 0.3) is 5.60 Å². The lowest BCUT2D eigenvalue weighted by atomic mass is 9.60. The van der Waals surface area contributed by atoms with Gasteiger partial charge in [-0.15, -0.1) is 0 Å². The molecule has 5 N–H and O–H groups in total. The number of carbonyl (C=O) groups excluding carboxylic acids is 3. The molecule has 0 aromatic carbocycles. The molecule has 258 valence electrons. The van der Waals surface area contributed by atoms with Crippen molar-refractivity contribution in [2.75, 3.05) is 40.0 Å². The van der Waals surface area contributed by atoms with Crippen LogP contribution in [0.2, 0.25) is 0 Å². The maximum absolute atomic E-state index is 14.3. The molecule has 2 heterocycles. The van der Waals surface area contributed by atoms with E-state index in [1.807, 2.05) is 14.0 Å². The average Bonchev–Trinajstić information content (AvgIpc) is 3.79. The molecule has 10 nitrogen and oxygen atoms in total. The van der Waals surface area contributed by atoms with Crippen molar-refractivity contribution in [1.82, 2.24) is 21.3 Å². The second-order valence-electron chi connectivity index (χ2n) is 14.5. The number of Topliss-reactive ketones (excluding diaryl/α,β-unsaturated/α-hetero) is 2. The molecule has 0 spiro atoms. The molecule has 2 aliphatic heterocycles. The second kappa shape index (κ2) is 15.5. The first kappa shape index (κ1) is 35.4. The second-order valence-corrected chi connectivity index (χ2v) is 14.5. The number of hydrogen-bond donors (Lipinski definition) is 5. The van der Waals surface area contributed by atoms with E-state index in [9.17, 15) is 19.5 Å². The number of carbonyl (C=O) groups is 3. The summed E-state index contributed by atoms with van der Waals surface area (Å²) in [5.41, 5.74) is -1.80. The Bertz CT molecular complexity index is 1170. The summed E-state index contributed by atoms with van der Waals surface area (Å²) in [5, 5.41) is 24.2. The van der Waals surface area contributed by atoms with Crippen molar-refractivity contribution in [3.05, 3.63) is 23.3 Å². The summed E-state index contributed by atoms with van der Waals surface area (Å²) in [6.07, 6.45) is 13.4. The van der Waals surface area contributed by atoms with Gasteiger partial charge in [-0.1, -0.05) is 44.4 Å². The summed E-state index contributed by atoms with van der Waals surface area (Å²) >= 11 is 0. The molecule has 0 bridgehead atoms. The number of epoxide rings is 1. The predicted octanol–water partition coefficient (Wildman–Crippen LogP) is 3.15. The van der Waals surface area contributed by atoms with Gasteiger partial charge in [0, 0.05) is 36.9 Å². The smallest absolute Gasteiger partial charge is 0.350 e. The maximum atomic E-state index is 14.3. The van der Waals surface area contributed by atoms with E-state index in [-0.39, 0.29) is 49.3 Å². The SMILES string of the molecule is CCN[C@@H]1C=C[C@H](CC)C[C@H]1COC(=O)[C@]12O[C@@]1(CC(CO)=C(C)CCC1CCNC(NCNC)C1)C(=O)C1CCCCC1C2=O. The van der Waals surface area contributed by atoms with Crippen LogP contribution in [-0.4, -0.2) is 86.1 Å². The molecule has 4 fully saturated rings. The van der Waals surface area contributed by atoms with Gasteiger partial charge in [-0.25, -0.2) is 4.79 Å². The zero-order chi connectivity index (χ0) is 32.9. The number of ether oxygens (including phenoxy) is 2. The number of piperidine rings is 1. The van der Waals surface area contributed by atoms with E-state index in [2.05, 4.69) is 47.3 Å². The van der Waals surface area contributed by atoms with E-state index in [4.69, 9.17) is 9.47 Å². The third-order valence-corrected chi connectivity index (χ3v) is 11.6. The summed E-state index contributed by atoms with van der Waals surface area (Å²) in [7, 11) is 1.92. The van der Waals surface area contributed by atoms with Crippen LogP contribution in [0.3, 0.4) is 0 Å². The van der Waals surface area contributed by atoms with Gasteiger partial charge in [0.2, 0.25) is 0 Å². The normalized spacial score (nSPS) is 37.7. The topological polar surface area (TPSA) is 141 Å². The lowest BCUT2D eigenvalue weighted by Crippen LogP contribution is -2.58. The first-order valence-electron chi connectivity index (χ1n) is 18.0. The number of allylic oxidation sites excluding steroid dienone is 2. The minimum atomic E-state index is -1.91. The predicted molar refractivity (Wildman–Crippen MR) is 177 cm³/mol. The van der Waals surface area contributed by atoms with Crippen molar-refractivity contribution >= 4 is 17.5 Å². The Morgan fingerprint density at radius 1 is 1.09 bits per heavy atom. The van der Waals surface area contributed by atoms with Gasteiger partial charge in [0.05, 0.1) is 19.4 Å². The molecular weight excluding hydrogens is 584 g/mol. The number of nitrogens with one attached hydrogen (secondary N) is 4. The molecule has 0 aromatic rings. The van der Waals surface area contributed by atoms with Crippen LogP contribution in [0.15, 0.2) is 23.3 Å². The van der Waals surface area contributed by atoms with Crippen LogP contribution in [0.1, 0.15) is 91.4 Å². The molecule has 3 aliphatic carbocycles. The third-order valence-electron chi connectivity index (χ3n) is 11.6. The molecule has 0 radical (unpaired) electrons. The van der Waals surface area contributed by atoms with Crippen molar-refractivity contribution in [2.45, 2.75) is 115 Å². The number of aliphatic hydroxyl groups excluding tert-OH is 1. The highest BCUT2D eigenvalue weighted by Crippen LogP contribution is 2.62. The summed E-state index contributed by atoms with van der Waals surface area (Å²) in [6, 6.07) is 0.0790. The molecule has 46 heavy (non-hydrogen) atoms. The molecule has 4 unspecified atom stereocenters. The number of rotatable bonds is 15. The summed E-state index contributed by atoms with van der Waals surface area (Å²) in [4.78, 5) is 42.6. The van der Waals surface area contributed by atoms with Crippen LogP contribution in [-0.2, 0) is 23.9 Å². The maximum Gasteiger partial charge on any atom is 0.350 e. The van der Waals surface area contributed by atoms with Crippen LogP contribution in [0.5, 0.6) is 0 Å². The lowest BCUT2D eigenvalue weighted by molar-refractivity contribution is -0.160. The van der Waals surface area contributed by atoms with E-state index < -0.39 is 29.0 Å². The number of aliphatic hydroxyl groups is 1. The molecular formula is C36H58N4O6. The Kier molecular flexibility index (Phi) is 11.9. The summed E-state index contributed by atoms with van der Waals surface area (Å²) in [5.74, 6) is -1.10. The van der Waals surface area contributed by atoms with Crippen LogP contribution >= 0.6 is 0 Å². The Labute approximate surface area is 275 Å². The monoisotopic (exact) mass is 642 g/mol. The van der Waals surface area contributed by atoms with Crippen molar-refractivity contribution < 1.29 is 29.0 Å². The van der Waals surface area contributed by atoms with Crippen molar-refractivity contribution in [1.29, 1.82) is 0 Å². The zero-order valence-corrected chi connectivity index (χ0v) is 28.5. The first-order valence-corrected chi connectivity index (χ1v) is 18.0. The lowest BCUT2D eigenvalue weighted by Gasteiger charge is -2.37. The van der Waals surface area contributed by atoms with E-state index in [1.165, 1.54) is 0 Å². The fourth-order valence-corrected chi connectivity index (χ4v) is 8.74. The number of hydrogen-bond acceptors (Lipinski definition) is 10. The Morgan fingerprint density at radius 2 is 1.85 bits per heavy atom. The average molecular weight is 643 g/mol. The van der Waals surface area contributed by atoms with Crippen molar-refractivity contribution in [3.63, 3.8) is 0 Å². The Balaban J connectivity index is 1.33. The molecule has 2 saturated heterocycles. The van der Waals surface area contributed by atoms with E-state index in [0.29, 0.717) is 30.3 Å². The zero-order valence-electron chi connectivity index (χ0n) is 28.5. The molecule has 5 rings (SSSR count). The Hall–Kier alpha value is -1.95. The van der Waals surface area contributed by atoms with Crippen molar-refractivity contribution in [2.24, 2.45) is 29.6 Å². The highest BCUT2D eigenvalue weighted by Gasteiger charge is 2.87. The van der Waals surface area contributed by atoms with E-state index in [0.717, 1.165) is 76.7 Å². The van der Waals surface area contributed by atoms with Gasteiger partial charge in [-0.05, 0) is 95.8 Å². The fraction of sp³-hybridized carbons (Fsp3) is 0.806. The minimum Gasteiger partial charge on any atom is -0.463 e. The third kappa shape index (κ3) is 6.94. The highest BCUT2D eigenvalue weighted by molar-refractivity contribution is 6.23. The van der Waals surface area contributed by atoms with Gasteiger partial charge in [0.1, 0.15) is 0 Å².